The minimum Gasteiger partial charge on any atom is -0.457 e. The smallest absolute Gasteiger partial charge is 0.127 e. The number of rotatable bonds is 4. The standard InChI is InChI=1S/C16H17ClN2O/c1-3-11-9-13(5-7-15(11)17)20-12-4-6-14(16(18)19)10(2)8-12/h4-9H,3H2,1-2H3,(H3,18,19). The van der Waals surface area contributed by atoms with Crippen LogP contribution in [0.4, 0.5) is 0 Å². The van der Waals surface area contributed by atoms with Crippen molar-refractivity contribution in [3.8, 4) is 11.5 Å². The first kappa shape index (κ1) is 14.4. The Hall–Kier alpha value is -2.00. The SMILES string of the molecule is CCc1cc(Oc2ccc(C(=N)N)c(C)c2)ccc1Cl. The first-order valence-corrected chi connectivity index (χ1v) is 6.80. The summed E-state index contributed by atoms with van der Waals surface area (Å²) in [4.78, 5) is 0. The third-order valence-electron chi connectivity index (χ3n) is 3.12. The van der Waals surface area contributed by atoms with Gasteiger partial charge in [0.05, 0.1) is 0 Å². The molecule has 0 aliphatic carbocycles. The average molecular weight is 289 g/mol. The van der Waals surface area contributed by atoms with E-state index in [2.05, 4.69) is 6.92 Å². The van der Waals surface area contributed by atoms with Crippen LogP contribution < -0.4 is 10.5 Å². The molecule has 0 saturated heterocycles. The molecule has 0 heterocycles. The molecule has 3 nitrogen and oxygen atoms in total. The minimum atomic E-state index is 0.0637. The second kappa shape index (κ2) is 5.97. The van der Waals surface area contributed by atoms with Gasteiger partial charge in [-0.25, -0.2) is 0 Å². The Labute approximate surface area is 123 Å². The van der Waals surface area contributed by atoms with Gasteiger partial charge in [0.1, 0.15) is 17.3 Å². The first-order valence-electron chi connectivity index (χ1n) is 6.42. The molecule has 104 valence electrons. The average Bonchev–Trinajstić information content (AvgIpc) is 2.40. The lowest BCUT2D eigenvalue weighted by Crippen LogP contribution is -2.12. The molecule has 4 heteroatoms. The predicted molar refractivity (Wildman–Crippen MR) is 83.1 cm³/mol. The van der Waals surface area contributed by atoms with Crippen LogP contribution in [0, 0.1) is 12.3 Å². The second-order valence-corrected chi connectivity index (χ2v) is 5.01. The molecule has 2 aromatic carbocycles. The molecular formula is C16H17ClN2O. The quantitative estimate of drug-likeness (QED) is 0.651. The summed E-state index contributed by atoms with van der Waals surface area (Å²) >= 11 is 6.09. The van der Waals surface area contributed by atoms with E-state index in [0.29, 0.717) is 0 Å². The maximum absolute atomic E-state index is 7.47. The number of ether oxygens (including phenoxy) is 1. The Bertz CT molecular complexity index is 653. The van der Waals surface area contributed by atoms with Crippen molar-refractivity contribution in [3.63, 3.8) is 0 Å². The molecule has 2 rings (SSSR count). The minimum absolute atomic E-state index is 0.0637. The number of hydrogen-bond donors (Lipinski definition) is 2. The number of benzene rings is 2. The van der Waals surface area contributed by atoms with Gasteiger partial charge < -0.3 is 10.5 Å². The normalized spacial score (nSPS) is 10.3. The van der Waals surface area contributed by atoms with Crippen LogP contribution in [0.25, 0.3) is 0 Å². The van der Waals surface area contributed by atoms with Crippen LogP contribution in [0.1, 0.15) is 23.6 Å². The first-order chi connectivity index (χ1) is 9.51. The number of nitrogen functional groups attached to an aromatic ring is 1. The van der Waals surface area contributed by atoms with Gasteiger partial charge in [-0.2, -0.15) is 0 Å². The summed E-state index contributed by atoms with van der Waals surface area (Å²) in [6.07, 6.45) is 0.859. The summed E-state index contributed by atoms with van der Waals surface area (Å²) < 4.78 is 5.82. The van der Waals surface area contributed by atoms with E-state index < -0.39 is 0 Å². The molecule has 0 bridgehead atoms. The van der Waals surface area contributed by atoms with E-state index in [4.69, 9.17) is 27.5 Å². The van der Waals surface area contributed by atoms with Gasteiger partial charge in [0.2, 0.25) is 0 Å². The fourth-order valence-corrected chi connectivity index (χ4v) is 2.27. The largest absolute Gasteiger partial charge is 0.457 e. The number of halogens is 1. The zero-order chi connectivity index (χ0) is 14.7. The van der Waals surface area contributed by atoms with Gasteiger partial charge in [0.25, 0.3) is 0 Å². The topological polar surface area (TPSA) is 59.1 Å². The predicted octanol–water partition coefficient (Wildman–Crippen LogP) is 4.29. The zero-order valence-corrected chi connectivity index (χ0v) is 12.3. The molecular weight excluding hydrogens is 272 g/mol. The third-order valence-corrected chi connectivity index (χ3v) is 3.49. The lowest BCUT2D eigenvalue weighted by molar-refractivity contribution is 0.481. The van der Waals surface area contributed by atoms with Crippen LogP contribution in [0.15, 0.2) is 36.4 Å². The summed E-state index contributed by atoms with van der Waals surface area (Å²) in [6, 6.07) is 11.1. The van der Waals surface area contributed by atoms with Crippen LogP contribution in [-0.2, 0) is 6.42 Å². The van der Waals surface area contributed by atoms with Gasteiger partial charge in [-0.1, -0.05) is 18.5 Å². The molecule has 0 aliphatic heterocycles. The maximum atomic E-state index is 7.47. The summed E-state index contributed by atoms with van der Waals surface area (Å²) in [5.74, 6) is 1.53. The summed E-state index contributed by atoms with van der Waals surface area (Å²) in [6.45, 7) is 3.96. The molecule has 0 saturated carbocycles. The maximum Gasteiger partial charge on any atom is 0.127 e. The van der Waals surface area contributed by atoms with E-state index in [1.165, 1.54) is 0 Å². The van der Waals surface area contributed by atoms with Crippen molar-refractivity contribution in [1.82, 2.24) is 0 Å². The zero-order valence-electron chi connectivity index (χ0n) is 11.5. The van der Waals surface area contributed by atoms with E-state index >= 15 is 0 Å². The van der Waals surface area contributed by atoms with E-state index in [0.717, 1.165) is 39.6 Å². The lowest BCUT2D eigenvalue weighted by atomic mass is 10.1. The Morgan fingerprint density at radius 3 is 2.45 bits per heavy atom. The van der Waals surface area contributed by atoms with E-state index in [1.807, 2.05) is 37.3 Å². The van der Waals surface area contributed by atoms with Crippen LogP contribution in [0.5, 0.6) is 11.5 Å². The molecule has 0 aliphatic rings. The van der Waals surface area contributed by atoms with Crippen molar-refractivity contribution in [1.29, 1.82) is 5.41 Å². The number of amidine groups is 1. The number of aryl methyl sites for hydroxylation is 2. The van der Waals surface area contributed by atoms with Crippen molar-refractivity contribution in [2.24, 2.45) is 5.73 Å². The Kier molecular flexibility index (Phi) is 4.30. The highest BCUT2D eigenvalue weighted by molar-refractivity contribution is 6.31. The molecule has 20 heavy (non-hydrogen) atoms. The van der Waals surface area contributed by atoms with Gasteiger partial charge in [-0.15, -0.1) is 0 Å². The molecule has 0 fully saturated rings. The van der Waals surface area contributed by atoms with Crippen molar-refractivity contribution in [2.75, 3.05) is 0 Å². The Morgan fingerprint density at radius 2 is 1.85 bits per heavy atom. The fourth-order valence-electron chi connectivity index (χ4n) is 2.02. The van der Waals surface area contributed by atoms with Gasteiger partial charge in [0, 0.05) is 10.6 Å². The fraction of sp³-hybridized carbons (Fsp3) is 0.188. The molecule has 0 spiro atoms. The van der Waals surface area contributed by atoms with Crippen molar-refractivity contribution in [3.05, 3.63) is 58.1 Å². The molecule has 3 N–H and O–H groups in total. The van der Waals surface area contributed by atoms with Crippen LogP contribution in [0.3, 0.4) is 0 Å². The highest BCUT2D eigenvalue weighted by atomic mass is 35.5. The van der Waals surface area contributed by atoms with Crippen molar-refractivity contribution >= 4 is 17.4 Å². The van der Waals surface area contributed by atoms with E-state index in [9.17, 15) is 0 Å². The Balaban J connectivity index is 2.26. The highest BCUT2D eigenvalue weighted by Crippen LogP contribution is 2.27. The number of nitrogens with two attached hydrogens (primary N) is 1. The third kappa shape index (κ3) is 3.11. The lowest BCUT2D eigenvalue weighted by Gasteiger charge is -2.10. The highest BCUT2D eigenvalue weighted by Gasteiger charge is 2.06. The van der Waals surface area contributed by atoms with Gasteiger partial charge in [0.15, 0.2) is 0 Å². The van der Waals surface area contributed by atoms with E-state index in [1.54, 1.807) is 6.07 Å². The van der Waals surface area contributed by atoms with Gasteiger partial charge in [-0.3, -0.25) is 5.41 Å². The van der Waals surface area contributed by atoms with Crippen molar-refractivity contribution < 1.29 is 4.74 Å². The van der Waals surface area contributed by atoms with Crippen molar-refractivity contribution in [2.45, 2.75) is 20.3 Å². The number of hydrogen-bond acceptors (Lipinski definition) is 2. The van der Waals surface area contributed by atoms with Crippen LogP contribution >= 0.6 is 11.6 Å². The monoisotopic (exact) mass is 288 g/mol. The molecule has 0 amide bonds. The molecule has 0 aromatic heterocycles. The molecule has 0 atom stereocenters. The van der Waals surface area contributed by atoms with Crippen LogP contribution in [0.2, 0.25) is 5.02 Å². The second-order valence-electron chi connectivity index (χ2n) is 4.60. The molecule has 0 radical (unpaired) electrons. The molecule has 2 aromatic rings. The van der Waals surface area contributed by atoms with E-state index in [-0.39, 0.29) is 5.84 Å². The Morgan fingerprint density at radius 1 is 1.20 bits per heavy atom. The summed E-state index contributed by atoms with van der Waals surface area (Å²) in [5, 5.41) is 8.22. The van der Waals surface area contributed by atoms with Gasteiger partial charge >= 0.3 is 0 Å². The van der Waals surface area contributed by atoms with Gasteiger partial charge in [-0.05, 0) is 60.9 Å². The summed E-state index contributed by atoms with van der Waals surface area (Å²) in [5.41, 5.74) is 8.20. The van der Waals surface area contributed by atoms with Crippen LogP contribution in [-0.4, -0.2) is 5.84 Å². The number of nitrogens with one attached hydrogen (secondary N) is 1. The molecule has 0 unspecified atom stereocenters. The summed E-state index contributed by atoms with van der Waals surface area (Å²) in [7, 11) is 0.